The zero-order valence-corrected chi connectivity index (χ0v) is 24.6. The van der Waals surface area contributed by atoms with Crippen molar-refractivity contribution < 1.29 is 23.8 Å². The van der Waals surface area contributed by atoms with E-state index in [1.807, 2.05) is 17.8 Å². The molecule has 6 rings (SSSR count). The van der Waals surface area contributed by atoms with E-state index in [1.54, 1.807) is 23.9 Å². The first kappa shape index (κ1) is 27.7. The number of aliphatic hydroxyl groups is 1. The van der Waals surface area contributed by atoms with Crippen LogP contribution in [-0.2, 0) is 20.7 Å². The topological polar surface area (TPSA) is 81.4 Å². The molecule has 40 heavy (non-hydrogen) atoms. The lowest BCUT2D eigenvalue weighted by molar-refractivity contribution is -0.198. The number of Topliss-reactive ketones (excluding diaryl/α,β-unsaturated/α-hetero) is 1. The van der Waals surface area contributed by atoms with E-state index in [4.69, 9.17) is 4.74 Å². The minimum absolute atomic E-state index is 0.0108. The zero-order chi connectivity index (χ0) is 28.4. The smallest absolute Gasteiger partial charge is 0.303 e. The largest absolute Gasteiger partial charge is 0.451 e. The molecule has 0 bridgehead atoms. The van der Waals surface area contributed by atoms with Crippen molar-refractivity contribution in [2.75, 3.05) is 11.5 Å². The van der Waals surface area contributed by atoms with Crippen LogP contribution in [0.15, 0.2) is 36.0 Å². The predicted octanol–water partition coefficient (Wildman–Crippen LogP) is 5.79. The van der Waals surface area contributed by atoms with E-state index in [1.165, 1.54) is 24.6 Å². The fourth-order valence-corrected chi connectivity index (χ4v) is 9.82. The van der Waals surface area contributed by atoms with Gasteiger partial charge in [-0.1, -0.05) is 26.3 Å². The van der Waals surface area contributed by atoms with Gasteiger partial charge in [0.15, 0.2) is 11.4 Å². The first-order valence-electron chi connectivity index (χ1n) is 14.6. The second-order valence-electron chi connectivity index (χ2n) is 12.8. The van der Waals surface area contributed by atoms with E-state index in [9.17, 15) is 19.1 Å². The lowest BCUT2D eigenvalue weighted by Gasteiger charge is -2.60. The number of ether oxygens (including phenoxy) is 1. The van der Waals surface area contributed by atoms with Crippen molar-refractivity contribution in [3.8, 4) is 5.69 Å². The normalized spacial score (nSPS) is 36.1. The van der Waals surface area contributed by atoms with Gasteiger partial charge in [-0.15, -0.1) is 0 Å². The van der Waals surface area contributed by atoms with Gasteiger partial charge in [0.1, 0.15) is 5.82 Å². The maximum Gasteiger partial charge on any atom is 0.303 e. The Morgan fingerprint density at radius 3 is 2.67 bits per heavy atom. The van der Waals surface area contributed by atoms with Gasteiger partial charge in [0, 0.05) is 12.3 Å². The fourth-order valence-electron chi connectivity index (χ4n) is 9.20. The standard InChI is InChI=1S/C32H39FN2O4S/c1-5-40-18-28(38)32(39-19(2)36)13-12-25-24-11-6-21-14-26-20(17-34-35(26)23-9-7-22(33)8-10-23)15-30(21,3)29(24)27(37)16-31(25,32)4/h7-10,14,17,24-25,27,29,37H,5-6,11-13,15-16,18H2,1-4H3/t24-,25-,27-,29+,30-,31-,32-/m0/s1. The summed E-state index contributed by atoms with van der Waals surface area (Å²) in [5, 5.41) is 16.6. The van der Waals surface area contributed by atoms with Crippen molar-refractivity contribution in [2.45, 2.75) is 77.9 Å². The first-order valence-corrected chi connectivity index (χ1v) is 15.7. The van der Waals surface area contributed by atoms with E-state index in [2.05, 4.69) is 25.0 Å². The van der Waals surface area contributed by atoms with Crippen molar-refractivity contribution in [1.82, 2.24) is 9.78 Å². The van der Waals surface area contributed by atoms with Crippen LogP contribution in [0.5, 0.6) is 0 Å². The van der Waals surface area contributed by atoms with Crippen LogP contribution in [0.3, 0.4) is 0 Å². The molecule has 3 saturated carbocycles. The van der Waals surface area contributed by atoms with Gasteiger partial charge in [-0.2, -0.15) is 16.9 Å². The molecule has 8 heteroatoms. The number of hydrogen-bond donors (Lipinski definition) is 1. The quantitative estimate of drug-likeness (QED) is 0.446. The molecule has 0 radical (unpaired) electrons. The van der Waals surface area contributed by atoms with Gasteiger partial charge < -0.3 is 9.84 Å². The molecule has 1 aromatic heterocycles. The van der Waals surface area contributed by atoms with Crippen LogP contribution in [0.4, 0.5) is 4.39 Å². The highest BCUT2D eigenvalue weighted by Crippen LogP contribution is 2.68. The summed E-state index contributed by atoms with van der Waals surface area (Å²) in [5.74, 6) is 0.898. The van der Waals surface area contributed by atoms with Crippen molar-refractivity contribution in [3.05, 3.63) is 53.1 Å². The van der Waals surface area contributed by atoms with E-state index in [0.717, 1.165) is 48.4 Å². The second kappa shape index (κ2) is 9.83. The predicted molar refractivity (Wildman–Crippen MR) is 153 cm³/mol. The lowest BCUT2D eigenvalue weighted by Crippen LogP contribution is -2.63. The van der Waals surface area contributed by atoms with Crippen molar-refractivity contribution in [2.24, 2.45) is 28.6 Å². The summed E-state index contributed by atoms with van der Waals surface area (Å²) in [7, 11) is 0. The van der Waals surface area contributed by atoms with Gasteiger partial charge in [0.05, 0.1) is 29.4 Å². The van der Waals surface area contributed by atoms with Crippen LogP contribution in [0.2, 0.25) is 0 Å². The molecule has 0 aliphatic heterocycles. The van der Waals surface area contributed by atoms with Crippen LogP contribution in [-0.4, -0.2) is 49.9 Å². The lowest BCUT2D eigenvalue weighted by atomic mass is 9.45. The van der Waals surface area contributed by atoms with E-state index < -0.39 is 23.1 Å². The molecule has 1 N–H and O–H groups in total. The Morgan fingerprint density at radius 1 is 1.23 bits per heavy atom. The van der Waals surface area contributed by atoms with Gasteiger partial charge in [0.2, 0.25) is 0 Å². The summed E-state index contributed by atoms with van der Waals surface area (Å²) < 4.78 is 21.5. The van der Waals surface area contributed by atoms with E-state index in [-0.39, 0.29) is 34.8 Å². The molecule has 4 aliphatic carbocycles. The summed E-state index contributed by atoms with van der Waals surface area (Å²) in [6, 6.07) is 6.39. The molecule has 0 saturated heterocycles. The Hall–Kier alpha value is -2.45. The van der Waals surface area contributed by atoms with Gasteiger partial charge in [-0.25, -0.2) is 9.07 Å². The Bertz CT molecular complexity index is 1370. The number of carbonyl (C=O) groups excluding carboxylic acids is 2. The molecule has 6 nitrogen and oxygen atoms in total. The second-order valence-corrected chi connectivity index (χ2v) is 14.0. The van der Waals surface area contributed by atoms with E-state index in [0.29, 0.717) is 18.6 Å². The molecule has 0 spiro atoms. The monoisotopic (exact) mass is 566 g/mol. The maximum atomic E-state index is 13.7. The molecule has 3 fully saturated rings. The van der Waals surface area contributed by atoms with Crippen LogP contribution in [0, 0.1) is 34.4 Å². The van der Waals surface area contributed by atoms with Crippen molar-refractivity contribution in [3.63, 3.8) is 0 Å². The van der Waals surface area contributed by atoms with Gasteiger partial charge >= 0.3 is 5.97 Å². The van der Waals surface area contributed by atoms with Gasteiger partial charge in [-0.3, -0.25) is 9.59 Å². The molecule has 1 heterocycles. The summed E-state index contributed by atoms with van der Waals surface area (Å²) in [4.78, 5) is 26.1. The number of benzene rings is 1. The highest BCUT2D eigenvalue weighted by Gasteiger charge is 2.70. The number of ketones is 1. The van der Waals surface area contributed by atoms with Crippen LogP contribution < -0.4 is 0 Å². The summed E-state index contributed by atoms with van der Waals surface area (Å²) in [5.41, 5.74) is 2.30. The Labute approximate surface area is 239 Å². The average molecular weight is 567 g/mol. The molecule has 0 amide bonds. The van der Waals surface area contributed by atoms with Crippen LogP contribution in [0.1, 0.15) is 71.1 Å². The molecule has 0 unspecified atom stereocenters. The SMILES string of the molecule is CCSCC(=O)[C@@]1(OC(C)=O)CC[C@H]2[C@@H]3CCC4=Cc5c(cnn5-c5ccc(F)cc5)C[C@]4(C)[C@H]3[C@@H](O)C[C@@]21C. The molecule has 2 aromatic rings. The summed E-state index contributed by atoms with van der Waals surface area (Å²) in [6.07, 6.45) is 7.94. The third kappa shape index (κ3) is 3.96. The number of carbonyl (C=O) groups is 2. The minimum Gasteiger partial charge on any atom is -0.451 e. The summed E-state index contributed by atoms with van der Waals surface area (Å²) >= 11 is 1.56. The van der Waals surface area contributed by atoms with Crippen LogP contribution >= 0.6 is 11.8 Å². The Morgan fingerprint density at radius 2 is 1.98 bits per heavy atom. The number of aromatic nitrogens is 2. The number of hydrogen-bond acceptors (Lipinski definition) is 6. The van der Waals surface area contributed by atoms with Crippen LogP contribution in [0.25, 0.3) is 11.8 Å². The zero-order valence-electron chi connectivity index (χ0n) is 23.8. The van der Waals surface area contributed by atoms with Crippen molar-refractivity contribution >= 4 is 29.6 Å². The number of aliphatic hydroxyl groups excluding tert-OH is 1. The fraction of sp³-hybridized carbons (Fsp3) is 0.594. The molecule has 7 atom stereocenters. The highest BCUT2D eigenvalue weighted by molar-refractivity contribution is 7.99. The number of esters is 1. The minimum atomic E-state index is -1.18. The van der Waals surface area contributed by atoms with Crippen molar-refractivity contribution in [1.29, 1.82) is 0 Å². The molecular weight excluding hydrogens is 527 g/mol. The summed E-state index contributed by atoms with van der Waals surface area (Å²) in [6.45, 7) is 7.81. The molecule has 1 aromatic carbocycles. The maximum absolute atomic E-state index is 13.7. The molecular formula is C32H39FN2O4S. The number of nitrogens with zero attached hydrogens (tertiary/aromatic N) is 2. The van der Waals surface area contributed by atoms with Gasteiger partial charge in [0.25, 0.3) is 0 Å². The van der Waals surface area contributed by atoms with Gasteiger partial charge in [-0.05, 0) is 103 Å². The number of rotatable bonds is 6. The third-order valence-corrected chi connectivity index (χ3v) is 11.7. The van der Waals surface area contributed by atoms with E-state index >= 15 is 0 Å². The first-order chi connectivity index (χ1) is 19.0. The average Bonchev–Trinajstić information content (AvgIpc) is 3.43. The Kier molecular flexibility index (Phi) is 6.81. The molecule has 4 aliphatic rings. The number of fused-ring (bicyclic) bond motifs is 6. The third-order valence-electron chi connectivity index (χ3n) is 10.8. The molecule has 214 valence electrons. The number of thioether (sulfide) groups is 1. The highest BCUT2D eigenvalue weighted by atomic mass is 32.2. The number of allylic oxidation sites excluding steroid dienone is 1. The number of halogens is 1. The Balaban J connectivity index is 1.35.